The zero-order valence-corrected chi connectivity index (χ0v) is 30.4. The molecule has 2 aliphatic carbocycles. The molecule has 0 unspecified atom stereocenters. The van der Waals surface area contributed by atoms with E-state index in [1.807, 2.05) is 39.8 Å². The van der Waals surface area contributed by atoms with Gasteiger partial charge in [0.25, 0.3) is 11.8 Å². The molecule has 0 N–H and O–H groups in total. The minimum atomic E-state index is -0.0408. The van der Waals surface area contributed by atoms with Crippen molar-refractivity contribution in [3.63, 3.8) is 0 Å². The van der Waals surface area contributed by atoms with Crippen molar-refractivity contribution in [2.24, 2.45) is 0 Å². The van der Waals surface area contributed by atoms with E-state index in [0.717, 1.165) is 96.1 Å². The van der Waals surface area contributed by atoms with Crippen LogP contribution in [0.3, 0.4) is 0 Å². The number of aryl methyl sites for hydroxylation is 6. The molecule has 0 amide bonds. The smallest absolute Gasteiger partial charge is 0.257 e. The molecule has 0 saturated heterocycles. The van der Waals surface area contributed by atoms with Crippen molar-refractivity contribution in [3.05, 3.63) is 46.6 Å². The van der Waals surface area contributed by atoms with E-state index in [9.17, 15) is 9.59 Å². The fourth-order valence-corrected chi connectivity index (χ4v) is 9.00. The van der Waals surface area contributed by atoms with Gasteiger partial charge in [-0.25, -0.2) is 9.36 Å². The van der Waals surface area contributed by atoms with Gasteiger partial charge in [-0.2, -0.15) is 10.2 Å². The first-order chi connectivity index (χ1) is 23.3. The summed E-state index contributed by atoms with van der Waals surface area (Å²) in [6.07, 6.45) is 15.4. The third-order valence-corrected chi connectivity index (χ3v) is 11.4. The van der Waals surface area contributed by atoms with E-state index < -0.39 is 0 Å². The first-order valence-corrected chi connectivity index (χ1v) is 19.5. The second kappa shape index (κ2) is 16.0. The van der Waals surface area contributed by atoms with Gasteiger partial charge in [-0.15, -0.1) is 20.4 Å². The minimum absolute atomic E-state index is 0.0408. The van der Waals surface area contributed by atoms with Gasteiger partial charge in [-0.3, -0.25) is 9.59 Å². The molecule has 12 nitrogen and oxygen atoms in total. The molecule has 48 heavy (non-hydrogen) atoms. The van der Waals surface area contributed by atoms with E-state index in [4.69, 9.17) is 0 Å². The van der Waals surface area contributed by atoms with Crippen molar-refractivity contribution in [3.8, 4) is 0 Å². The predicted octanol–water partition coefficient (Wildman–Crippen LogP) is 6.94. The molecule has 0 atom stereocenters. The van der Waals surface area contributed by atoms with Crippen molar-refractivity contribution in [1.82, 2.24) is 49.1 Å². The number of rotatable bonds is 13. The van der Waals surface area contributed by atoms with Gasteiger partial charge in [0.1, 0.15) is 11.6 Å². The summed E-state index contributed by atoms with van der Waals surface area (Å²) in [5.74, 6) is 2.49. The van der Waals surface area contributed by atoms with Crippen LogP contribution in [0.5, 0.6) is 0 Å². The summed E-state index contributed by atoms with van der Waals surface area (Å²) in [6.45, 7) is 7.63. The van der Waals surface area contributed by atoms with Crippen molar-refractivity contribution in [2.45, 2.75) is 140 Å². The molecule has 4 heterocycles. The van der Waals surface area contributed by atoms with Gasteiger partial charge in [-0.05, 0) is 78.4 Å². The zero-order valence-electron chi connectivity index (χ0n) is 28.7. The molecule has 4 aromatic rings. The first kappa shape index (κ1) is 34.6. The van der Waals surface area contributed by atoms with Gasteiger partial charge >= 0.3 is 0 Å². The van der Waals surface area contributed by atoms with E-state index in [-0.39, 0.29) is 23.3 Å². The topological polar surface area (TPSA) is 131 Å². The number of hydrogen-bond acceptors (Lipinski definition) is 10. The van der Waals surface area contributed by atoms with E-state index in [2.05, 4.69) is 39.7 Å². The van der Waals surface area contributed by atoms with Crippen molar-refractivity contribution in [2.75, 3.05) is 11.5 Å². The lowest BCUT2D eigenvalue weighted by Gasteiger charge is -2.26. The number of nitrogens with zero attached hydrogens (tertiary/aromatic N) is 10. The van der Waals surface area contributed by atoms with Crippen molar-refractivity contribution in [1.29, 1.82) is 0 Å². The van der Waals surface area contributed by atoms with Crippen molar-refractivity contribution >= 4 is 35.3 Å². The van der Waals surface area contributed by atoms with Gasteiger partial charge < -0.3 is 9.13 Å². The van der Waals surface area contributed by atoms with Crippen LogP contribution < -0.4 is 0 Å². The molecule has 4 aromatic heterocycles. The Morgan fingerprint density at radius 2 is 1.02 bits per heavy atom. The van der Waals surface area contributed by atoms with Gasteiger partial charge in [0, 0.05) is 36.3 Å². The number of unbranched alkanes of at least 4 members (excludes halogenated alkanes) is 1. The average Bonchev–Trinajstić information content (AvgIpc) is 3.86. The third kappa shape index (κ3) is 8.12. The Morgan fingerprint density at radius 1 is 0.625 bits per heavy atom. The van der Waals surface area contributed by atoms with Gasteiger partial charge in [0.2, 0.25) is 0 Å². The second-order valence-electron chi connectivity index (χ2n) is 13.4. The lowest BCUT2D eigenvalue weighted by Crippen LogP contribution is -2.19. The Labute approximate surface area is 291 Å². The number of hydrogen-bond donors (Lipinski definition) is 0. The summed E-state index contributed by atoms with van der Waals surface area (Å²) in [6, 6.07) is 4.60. The lowest BCUT2D eigenvalue weighted by atomic mass is 9.95. The standard InChI is InChI=1S/C34H48N10O2S2/c1-23-19-25(3)43(39-23)31(45)21-47-33-37-35-29(41(33)27-13-7-5-8-14-27)17-11-12-18-30-36-38-34(42(30)28-15-9-6-10-16-28)48-22-32(46)44-26(4)20-24(2)40-44/h19-20,27-28H,5-18,21-22H2,1-4H3. The molecule has 0 bridgehead atoms. The molecule has 2 fully saturated rings. The van der Waals surface area contributed by atoms with Crippen LogP contribution in [0, 0.1) is 27.7 Å². The maximum atomic E-state index is 13.0. The molecule has 2 aliphatic rings. The molecule has 258 valence electrons. The maximum Gasteiger partial charge on any atom is 0.257 e. The molecule has 0 aliphatic heterocycles. The number of carbonyl (C=O) groups is 2. The Morgan fingerprint density at radius 3 is 1.38 bits per heavy atom. The van der Waals surface area contributed by atoms with Crippen LogP contribution in [0.2, 0.25) is 0 Å². The van der Waals surface area contributed by atoms with Crippen LogP contribution in [0.4, 0.5) is 0 Å². The first-order valence-electron chi connectivity index (χ1n) is 17.5. The molecule has 0 aromatic carbocycles. The average molecular weight is 693 g/mol. The summed E-state index contributed by atoms with van der Waals surface area (Å²) < 4.78 is 7.66. The second-order valence-corrected chi connectivity index (χ2v) is 15.3. The van der Waals surface area contributed by atoms with Gasteiger partial charge in [-0.1, -0.05) is 62.0 Å². The van der Waals surface area contributed by atoms with E-state index >= 15 is 0 Å². The largest absolute Gasteiger partial charge is 0.303 e. The quantitative estimate of drug-likeness (QED) is 0.107. The van der Waals surface area contributed by atoms with Gasteiger partial charge in [0.15, 0.2) is 10.3 Å². The minimum Gasteiger partial charge on any atom is -0.303 e. The van der Waals surface area contributed by atoms with Crippen LogP contribution in [0.15, 0.2) is 22.4 Å². The molecule has 0 radical (unpaired) electrons. The molecule has 14 heteroatoms. The van der Waals surface area contributed by atoms with Crippen molar-refractivity contribution < 1.29 is 9.59 Å². The summed E-state index contributed by atoms with van der Waals surface area (Å²) in [7, 11) is 0. The van der Waals surface area contributed by atoms with E-state index in [1.165, 1.54) is 71.4 Å². The highest BCUT2D eigenvalue weighted by Crippen LogP contribution is 2.35. The molecule has 2 saturated carbocycles. The van der Waals surface area contributed by atoms with Crippen LogP contribution in [0.1, 0.15) is 133 Å². The van der Waals surface area contributed by atoms with Gasteiger partial charge in [0.05, 0.1) is 22.9 Å². The molecular formula is C34H48N10O2S2. The summed E-state index contributed by atoms with van der Waals surface area (Å²) in [5, 5.41) is 28.9. The monoisotopic (exact) mass is 692 g/mol. The molecule has 0 spiro atoms. The Kier molecular flexibility index (Phi) is 11.5. The van der Waals surface area contributed by atoms with E-state index in [0.29, 0.717) is 12.1 Å². The number of thioether (sulfide) groups is 2. The number of carbonyl (C=O) groups excluding carboxylic acids is 2. The van der Waals surface area contributed by atoms with E-state index in [1.54, 1.807) is 0 Å². The SMILES string of the molecule is Cc1cc(C)n(C(=O)CSc2nnc(CCCCc3nnc(SCC(=O)n4nc(C)cc4C)n3C3CCCCC3)n2C2CCCCC2)n1. The zero-order chi connectivity index (χ0) is 33.6. The predicted molar refractivity (Wildman–Crippen MR) is 187 cm³/mol. The highest BCUT2D eigenvalue weighted by atomic mass is 32.2. The van der Waals surface area contributed by atoms with Crippen LogP contribution >= 0.6 is 23.5 Å². The highest BCUT2D eigenvalue weighted by Gasteiger charge is 2.26. The third-order valence-electron chi connectivity index (χ3n) is 9.54. The fourth-order valence-electron chi connectivity index (χ4n) is 7.27. The number of aromatic nitrogens is 10. The molecular weight excluding hydrogens is 645 g/mol. The lowest BCUT2D eigenvalue weighted by molar-refractivity contribution is 0.0915. The normalized spacial score (nSPS) is 16.2. The fraction of sp³-hybridized carbons (Fsp3) is 0.647. The Balaban J connectivity index is 1.10. The van der Waals surface area contributed by atoms with Crippen LogP contribution in [-0.4, -0.2) is 72.4 Å². The summed E-state index contributed by atoms with van der Waals surface area (Å²) >= 11 is 2.94. The Bertz CT molecular complexity index is 1580. The Hall–Kier alpha value is -3.26. The van der Waals surface area contributed by atoms with Crippen LogP contribution in [-0.2, 0) is 12.8 Å². The molecule has 6 rings (SSSR count). The maximum absolute atomic E-state index is 13.0. The summed E-state index contributed by atoms with van der Waals surface area (Å²) in [5.41, 5.74) is 3.39. The highest BCUT2D eigenvalue weighted by molar-refractivity contribution is 8.00. The van der Waals surface area contributed by atoms with Crippen LogP contribution in [0.25, 0.3) is 0 Å². The summed E-state index contributed by atoms with van der Waals surface area (Å²) in [4.78, 5) is 26.0.